The molecule has 1 aromatic carbocycles. The summed E-state index contributed by atoms with van der Waals surface area (Å²) in [6.45, 7) is 2.38. The van der Waals surface area contributed by atoms with Crippen molar-refractivity contribution in [2.75, 3.05) is 39.8 Å². The summed E-state index contributed by atoms with van der Waals surface area (Å²) in [5.41, 5.74) is -2.75. The second-order valence-corrected chi connectivity index (χ2v) is 5.28. The Morgan fingerprint density at radius 3 is 2.27 bits per heavy atom. The van der Waals surface area contributed by atoms with Gasteiger partial charge in [0.1, 0.15) is 17.2 Å². The topological polar surface area (TPSA) is 23.6 Å². The number of hydrogen-bond donors (Lipinski definition) is 0. The normalized spacial score (nSPS) is 17.7. The predicted octanol–water partition coefficient (Wildman–Crippen LogP) is 2.41. The van der Waals surface area contributed by atoms with E-state index in [9.17, 15) is 26.7 Å². The molecule has 0 aliphatic carbocycles. The molecule has 122 valence electrons. The highest BCUT2D eigenvalue weighted by molar-refractivity contribution is 5.98. The van der Waals surface area contributed by atoms with E-state index in [2.05, 4.69) is 0 Å². The first-order valence-corrected chi connectivity index (χ1v) is 6.69. The zero-order chi connectivity index (χ0) is 16.5. The Morgan fingerprint density at radius 2 is 1.73 bits per heavy atom. The molecule has 1 aliphatic heterocycles. The molecule has 0 radical (unpaired) electrons. The highest BCUT2D eigenvalue weighted by atomic mass is 19.4. The molecule has 1 heterocycles. The second-order valence-electron chi connectivity index (χ2n) is 5.28. The fraction of sp³-hybridized carbons (Fsp3) is 0.500. The van der Waals surface area contributed by atoms with Crippen molar-refractivity contribution in [3.63, 3.8) is 0 Å². The molecule has 8 heteroatoms. The molecular formula is C14H15F5N2O. The van der Waals surface area contributed by atoms with E-state index in [1.165, 1.54) is 0 Å². The van der Waals surface area contributed by atoms with Crippen LogP contribution in [-0.4, -0.2) is 55.4 Å². The summed E-state index contributed by atoms with van der Waals surface area (Å²) in [6, 6.07) is 1.24. The zero-order valence-electron chi connectivity index (χ0n) is 11.9. The van der Waals surface area contributed by atoms with Crippen molar-refractivity contribution in [1.29, 1.82) is 0 Å². The quantitative estimate of drug-likeness (QED) is 0.631. The molecular weight excluding hydrogens is 307 g/mol. The Hall–Kier alpha value is -1.54. The summed E-state index contributed by atoms with van der Waals surface area (Å²) < 4.78 is 65.0. The first-order valence-electron chi connectivity index (χ1n) is 6.69. The summed E-state index contributed by atoms with van der Waals surface area (Å²) >= 11 is 0. The predicted molar refractivity (Wildman–Crippen MR) is 69.6 cm³/mol. The van der Waals surface area contributed by atoms with Gasteiger partial charge in [-0.2, -0.15) is 13.2 Å². The lowest BCUT2D eigenvalue weighted by Gasteiger charge is -2.31. The minimum atomic E-state index is -5.18. The number of halogens is 5. The SMILES string of the molecule is CN1CCN(CC(=O)c2ccc(F)c(C(F)(F)F)c2F)CC1. The number of carbonyl (C=O) groups excluding carboxylic acids is 1. The highest BCUT2D eigenvalue weighted by Crippen LogP contribution is 2.34. The van der Waals surface area contributed by atoms with E-state index >= 15 is 0 Å². The van der Waals surface area contributed by atoms with Crippen LogP contribution in [0.5, 0.6) is 0 Å². The summed E-state index contributed by atoms with van der Waals surface area (Å²) in [6.07, 6.45) is -5.18. The van der Waals surface area contributed by atoms with Crippen LogP contribution >= 0.6 is 0 Å². The smallest absolute Gasteiger partial charge is 0.304 e. The highest BCUT2D eigenvalue weighted by Gasteiger charge is 2.39. The van der Waals surface area contributed by atoms with Crippen LogP contribution in [0.4, 0.5) is 22.0 Å². The van der Waals surface area contributed by atoms with Crippen molar-refractivity contribution in [3.8, 4) is 0 Å². The molecule has 0 unspecified atom stereocenters. The van der Waals surface area contributed by atoms with Crippen molar-refractivity contribution >= 4 is 5.78 Å². The summed E-state index contributed by atoms with van der Waals surface area (Å²) in [4.78, 5) is 15.8. The zero-order valence-corrected chi connectivity index (χ0v) is 11.9. The average molecular weight is 322 g/mol. The molecule has 1 aliphatic rings. The van der Waals surface area contributed by atoms with Gasteiger partial charge in [-0.05, 0) is 19.2 Å². The van der Waals surface area contributed by atoms with E-state index in [1.807, 2.05) is 11.9 Å². The number of hydrogen-bond acceptors (Lipinski definition) is 3. The van der Waals surface area contributed by atoms with Gasteiger partial charge in [0.05, 0.1) is 12.1 Å². The maximum absolute atomic E-state index is 13.9. The molecule has 1 fully saturated rings. The van der Waals surface area contributed by atoms with Gasteiger partial charge in [-0.15, -0.1) is 0 Å². The van der Waals surface area contributed by atoms with E-state index in [4.69, 9.17) is 0 Å². The van der Waals surface area contributed by atoms with Gasteiger partial charge in [0.25, 0.3) is 0 Å². The molecule has 0 amide bonds. The van der Waals surface area contributed by atoms with Crippen LogP contribution in [0.1, 0.15) is 15.9 Å². The van der Waals surface area contributed by atoms with Gasteiger partial charge < -0.3 is 4.90 Å². The number of Topliss-reactive ketones (excluding diaryl/α,β-unsaturated/α-hetero) is 1. The van der Waals surface area contributed by atoms with Crippen LogP contribution in [0.25, 0.3) is 0 Å². The average Bonchev–Trinajstić information content (AvgIpc) is 2.39. The maximum Gasteiger partial charge on any atom is 0.422 e. The van der Waals surface area contributed by atoms with Crippen molar-refractivity contribution in [2.45, 2.75) is 6.18 Å². The van der Waals surface area contributed by atoms with Crippen LogP contribution in [0.15, 0.2) is 12.1 Å². The lowest BCUT2D eigenvalue weighted by Crippen LogP contribution is -2.46. The third-order valence-corrected chi connectivity index (χ3v) is 3.64. The van der Waals surface area contributed by atoms with Gasteiger partial charge in [0, 0.05) is 26.2 Å². The Morgan fingerprint density at radius 1 is 1.14 bits per heavy atom. The van der Waals surface area contributed by atoms with Crippen LogP contribution < -0.4 is 0 Å². The molecule has 0 aromatic heterocycles. The molecule has 0 atom stereocenters. The van der Waals surface area contributed by atoms with Crippen molar-refractivity contribution < 1.29 is 26.7 Å². The van der Waals surface area contributed by atoms with Crippen molar-refractivity contribution in [1.82, 2.24) is 9.80 Å². The van der Waals surface area contributed by atoms with E-state index in [0.717, 1.165) is 6.07 Å². The Labute approximate surface area is 124 Å². The number of rotatable bonds is 3. The van der Waals surface area contributed by atoms with Gasteiger partial charge >= 0.3 is 6.18 Å². The number of nitrogens with zero attached hydrogens (tertiary/aromatic N) is 2. The summed E-state index contributed by atoms with van der Waals surface area (Å²) in [5.74, 6) is -4.35. The van der Waals surface area contributed by atoms with Gasteiger partial charge in [0.15, 0.2) is 5.78 Å². The minimum Gasteiger partial charge on any atom is -0.304 e. The van der Waals surface area contributed by atoms with Crippen molar-refractivity contribution in [2.24, 2.45) is 0 Å². The summed E-state index contributed by atoms with van der Waals surface area (Å²) in [5, 5.41) is 0. The van der Waals surface area contributed by atoms with Gasteiger partial charge in [-0.3, -0.25) is 9.69 Å². The Bertz CT molecular complexity index is 565. The number of benzene rings is 1. The number of alkyl halides is 3. The number of likely N-dealkylation sites (N-methyl/N-ethyl adjacent to an activating group) is 1. The fourth-order valence-corrected chi connectivity index (χ4v) is 2.32. The molecule has 0 N–H and O–H groups in total. The van der Waals surface area contributed by atoms with Gasteiger partial charge in [0.2, 0.25) is 0 Å². The van der Waals surface area contributed by atoms with Gasteiger partial charge in [-0.1, -0.05) is 0 Å². The molecule has 22 heavy (non-hydrogen) atoms. The third-order valence-electron chi connectivity index (χ3n) is 3.64. The monoisotopic (exact) mass is 322 g/mol. The minimum absolute atomic E-state index is 0.187. The first-order chi connectivity index (χ1) is 10.2. The largest absolute Gasteiger partial charge is 0.422 e. The molecule has 0 spiro atoms. The molecule has 0 bridgehead atoms. The molecule has 1 aromatic rings. The molecule has 3 nitrogen and oxygen atoms in total. The first kappa shape index (κ1) is 16.8. The van der Waals surface area contributed by atoms with Crippen LogP contribution in [-0.2, 0) is 6.18 Å². The fourth-order valence-electron chi connectivity index (χ4n) is 2.32. The maximum atomic E-state index is 13.9. The van der Waals surface area contributed by atoms with E-state index in [-0.39, 0.29) is 6.54 Å². The van der Waals surface area contributed by atoms with Crippen LogP contribution in [0, 0.1) is 11.6 Å². The van der Waals surface area contributed by atoms with Crippen molar-refractivity contribution in [3.05, 3.63) is 34.9 Å². The van der Waals surface area contributed by atoms with E-state index < -0.39 is 34.7 Å². The number of carbonyl (C=O) groups is 1. The Balaban J connectivity index is 2.20. The van der Waals surface area contributed by atoms with E-state index in [0.29, 0.717) is 32.2 Å². The third kappa shape index (κ3) is 3.61. The molecule has 2 rings (SSSR count). The number of ketones is 1. The molecule has 0 saturated carbocycles. The standard InChI is InChI=1S/C14H15F5N2O/c1-20-4-6-21(7-5-20)8-11(22)9-2-3-10(15)12(13(9)16)14(17,18)19/h2-3H,4-8H2,1H3. The lowest BCUT2D eigenvalue weighted by molar-refractivity contribution is -0.142. The van der Waals surface area contributed by atoms with Gasteiger partial charge in [-0.25, -0.2) is 8.78 Å². The lowest BCUT2D eigenvalue weighted by atomic mass is 10.0. The summed E-state index contributed by atoms with van der Waals surface area (Å²) in [7, 11) is 1.91. The van der Waals surface area contributed by atoms with Crippen LogP contribution in [0.3, 0.4) is 0 Å². The molecule has 1 saturated heterocycles. The van der Waals surface area contributed by atoms with E-state index in [1.54, 1.807) is 4.90 Å². The number of piperazine rings is 1. The Kier molecular flexibility index (Phi) is 4.81. The second kappa shape index (κ2) is 6.29. The van der Waals surface area contributed by atoms with Crippen LogP contribution in [0.2, 0.25) is 0 Å².